The number of ether oxygens (including phenoxy) is 1. The molecule has 160 valence electrons. The first-order chi connectivity index (χ1) is 13.5. The molecule has 6 nitrogen and oxygen atoms in total. The number of hydrogen-bond donors (Lipinski definition) is 2. The minimum atomic E-state index is 0. The zero-order valence-electron chi connectivity index (χ0n) is 17.7. The Kier molecular flexibility index (Phi) is 9.81. The van der Waals surface area contributed by atoms with Crippen LogP contribution in [0.4, 0.5) is 0 Å². The molecule has 1 fully saturated rings. The lowest BCUT2D eigenvalue weighted by atomic mass is 10.1. The number of nitrogens with one attached hydrogen (secondary N) is 2. The van der Waals surface area contributed by atoms with E-state index in [-0.39, 0.29) is 24.0 Å². The van der Waals surface area contributed by atoms with Gasteiger partial charge in [-0.3, -0.25) is 9.89 Å². The van der Waals surface area contributed by atoms with Crippen molar-refractivity contribution in [3.8, 4) is 0 Å². The number of rotatable bonds is 6. The van der Waals surface area contributed by atoms with Gasteiger partial charge in [0, 0.05) is 38.1 Å². The van der Waals surface area contributed by atoms with E-state index in [1.54, 1.807) is 18.4 Å². The SMILES string of the molecule is CN=C(NCc1cccc(CN2CCOC(C)C2)c1)NCc1sc(C)nc1C.I. The van der Waals surface area contributed by atoms with Gasteiger partial charge in [-0.2, -0.15) is 0 Å². The highest BCUT2D eigenvalue weighted by molar-refractivity contribution is 14.0. The van der Waals surface area contributed by atoms with Crippen LogP contribution in [-0.2, 0) is 24.4 Å². The maximum absolute atomic E-state index is 5.64. The van der Waals surface area contributed by atoms with Crippen LogP contribution in [0.3, 0.4) is 0 Å². The van der Waals surface area contributed by atoms with Crippen molar-refractivity contribution >= 4 is 41.3 Å². The molecule has 1 saturated heterocycles. The van der Waals surface area contributed by atoms with Gasteiger partial charge < -0.3 is 15.4 Å². The molecule has 0 amide bonds. The van der Waals surface area contributed by atoms with Crippen LogP contribution in [0.1, 0.15) is 33.6 Å². The molecule has 1 aliphatic heterocycles. The van der Waals surface area contributed by atoms with Crippen LogP contribution in [0.5, 0.6) is 0 Å². The minimum absolute atomic E-state index is 0. The zero-order chi connectivity index (χ0) is 19.9. The number of halogens is 1. The van der Waals surface area contributed by atoms with Crippen LogP contribution in [0.15, 0.2) is 29.3 Å². The minimum Gasteiger partial charge on any atom is -0.376 e. The summed E-state index contributed by atoms with van der Waals surface area (Å²) < 4.78 is 5.64. The van der Waals surface area contributed by atoms with E-state index < -0.39 is 0 Å². The molecule has 0 radical (unpaired) electrons. The lowest BCUT2D eigenvalue weighted by Gasteiger charge is -2.31. The summed E-state index contributed by atoms with van der Waals surface area (Å²) in [5.74, 6) is 0.804. The van der Waals surface area contributed by atoms with E-state index in [2.05, 4.69) is 63.6 Å². The number of aryl methyl sites for hydroxylation is 2. The van der Waals surface area contributed by atoms with Crippen molar-refractivity contribution in [1.29, 1.82) is 0 Å². The predicted octanol–water partition coefficient (Wildman–Crippen LogP) is 3.46. The molecule has 3 rings (SSSR count). The molecule has 0 spiro atoms. The van der Waals surface area contributed by atoms with Crippen LogP contribution in [0, 0.1) is 13.8 Å². The van der Waals surface area contributed by atoms with Crippen molar-refractivity contribution in [3.63, 3.8) is 0 Å². The maximum Gasteiger partial charge on any atom is 0.191 e. The third kappa shape index (κ3) is 7.51. The molecule has 1 aromatic heterocycles. The molecular weight excluding hydrogens is 497 g/mol. The van der Waals surface area contributed by atoms with E-state index in [4.69, 9.17) is 4.74 Å². The monoisotopic (exact) mass is 529 g/mol. The van der Waals surface area contributed by atoms with Crippen molar-refractivity contribution in [3.05, 3.63) is 51.0 Å². The second-order valence-electron chi connectivity index (χ2n) is 7.26. The summed E-state index contributed by atoms with van der Waals surface area (Å²) >= 11 is 1.73. The average molecular weight is 529 g/mol. The lowest BCUT2D eigenvalue weighted by molar-refractivity contribution is -0.0212. The number of aliphatic imine (C=N–C) groups is 1. The molecule has 29 heavy (non-hydrogen) atoms. The van der Waals surface area contributed by atoms with Crippen LogP contribution in [-0.4, -0.2) is 48.7 Å². The van der Waals surface area contributed by atoms with Crippen LogP contribution in [0.2, 0.25) is 0 Å². The van der Waals surface area contributed by atoms with E-state index in [9.17, 15) is 0 Å². The van der Waals surface area contributed by atoms with Gasteiger partial charge in [0.25, 0.3) is 0 Å². The van der Waals surface area contributed by atoms with Gasteiger partial charge in [0.1, 0.15) is 0 Å². The number of nitrogens with zero attached hydrogens (tertiary/aromatic N) is 3. The molecule has 8 heteroatoms. The second kappa shape index (κ2) is 11.8. The molecule has 2 aromatic rings. The molecule has 1 aliphatic rings. The fraction of sp³-hybridized carbons (Fsp3) is 0.524. The highest BCUT2D eigenvalue weighted by atomic mass is 127. The Morgan fingerprint density at radius 1 is 1.28 bits per heavy atom. The molecular formula is C21H32IN5OS. The number of hydrogen-bond acceptors (Lipinski definition) is 5. The summed E-state index contributed by atoms with van der Waals surface area (Å²) in [5.41, 5.74) is 3.69. The van der Waals surface area contributed by atoms with Gasteiger partial charge >= 0.3 is 0 Å². The number of thiazole rings is 1. The number of guanidine groups is 1. The molecule has 1 aromatic carbocycles. The van der Waals surface area contributed by atoms with E-state index in [1.165, 1.54) is 16.0 Å². The van der Waals surface area contributed by atoms with Crippen molar-refractivity contribution in [1.82, 2.24) is 20.5 Å². The van der Waals surface area contributed by atoms with E-state index in [0.29, 0.717) is 6.10 Å². The summed E-state index contributed by atoms with van der Waals surface area (Å²) in [4.78, 5) is 12.5. The molecule has 2 N–H and O–H groups in total. The van der Waals surface area contributed by atoms with Crippen molar-refractivity contribution in [2.45, 2.75) is 46.5 Å². The number of aromatic nitrogens is 1. The molecule has 1 unspecified atom stereocenters. The number of benzene rings is 1. The summed E-state index contributed by atoms with van der Waals surface area (Å²) in [6, 6.07) is 8.76. The summed E-state index contributed by atoms with van der Waals surface area (Å²) in [6.45, 7) is 11.5. The molecule has 0 aliphatic carbocycles. The molecule has 0 bridgehead atoms. The first-order valence-electron chi connectivity index (χ1n) is 9.82. The Labute approximate surface area is 195 Å². The standard InChI is InChI=1S/C21H31N5OS.HI/c1-15-13-26(8-9-27-15)14-19-7-5-6-18(10-19)11-23-21(22-4)24-12-20-16(2)25-17(3)28-20;/h5-7,10,15H,8-9,11-14H2,1-4H3,(H2,22,23,24);1H. The Hall–Kier alpha value is -1.23. The summed E-state index contributed by atoms with van der Waals surface area (Å²) in [5, 5.41) is 7.89. The topological polar surface area (TPSA) is 61.8 Å². The van der Waals surface area contributed by atoms with Crippen molar-refractivity contribution in [2.75, 3.05) is 26.7 Å². The van der Waals surface area contributed by atoms with Gasteiger partial charge in [-0.15, -0.1) is 35.3 Å². The largest absolute Gasteiger partial charge is 0.376 e. The first kappa shape index (κ1) is 24.0. The third-order valence-electron chi connectivity index (χ3n) is 4.82. The second-order valence-corrected chi connectivity index (χ2v) is 8.55. The van der Waals surface area contributed by atoms with Gasteiger partial charge in [0.15, 0.2) is 5.96 Å². The average Bonchev–Trinajstić information content (AvgIpc) is 2.99. The van der Waals surface area contributed by atoms with Gasteiger partial charge in [-0.25, -0.2) is 4.98 Å². The molecule has 0 saturated carbocycles. The molecule has 1 atom stereocenters. The van der Waals surface area contributed by atoms with Crippen LogP contribution >= 0.6 is 35.3 Å². The van der Waals surface area contributed by atoms with Gasteiger partial charge in [0.05, 0.1) is 30.0 Å². The zero-order valence-corrected chi connectivity index (χ0v) is 20.8. The fourth-order valence-corrected chi connectivity index (χ4v) is 4.32. The van der Waals surface area contributed by atoms with Crippen molar-refractivity contribution < 1.29 is 4.74 Å². The van der Waals surface area contributed by atoms with E-state index >= 15 is 0 Å². The smallest absolute Gasteiger partial charge is 0.191 e. The quantitative estimate of drug-likeness (QED) is 0.341. The van der Waals surface area contributed by atoms with Gasteiger partial charge in [-0.05, 0) is 31.9 Å². The lowest BCUT2D eigenvalue weighted by Crippen LogP contribution is -2.40. The van der Waals surface area contributed by atoms with Crippen molar-refractivity contribution in [2.24, 2.45) is 4.99 Å². The Bertz CT molecular complexity index is 810. The summed E-state index contributed by atoms with van der Waals surface area (Å²) in [7, 11) is 1.80. The van der Waals surface area contributed by atoms with Gasteiger partial charge in [-0.1, -0.05) is 24.3 Å². The van der Waals surface area contributed by atoms with Crippen LogP contribution in [0.25, 0.3) is 0 Å². The maximum atomic E-state index is 5.64. The highest BCUT2D eigenvalue weighted by Gasteiger charge is 2.16. The van der Waals surface area contributed by atoms with Gasteiger partial charge in [0.2, 0.25) is 0 Å². The predicted molar refractivity (Wildman–Crippen MR) is 131 cm³/mol. The first-order valence-corrected chi connectivity index (χ1v) is 10.6. The molecule has 2 heterocycles. The normalized spacial score (nSPS) is 17.7. The third-order valence-corrected chi connectivity index (χ3v) is 5.90. The van der Waals surface area contributed by atoms with E-state index in [1.807, 2.05) is 6.92 Å². The van der Waals surface area contributed by atoms with Crippen LogP contribution < -0.4 is 10.6 Å². The Balaban J connectivity index is 0.00000300. The van der Waals surface area contributed by atoms with E-state index in [0.717, 1.165) is 56.0 Å². The number of morpholine rings is 1. The highest BCUT2D eigenvalue weighted by Crippen LogP contribution is 2.16. The summed E-state index contributed by atoms with van der Waals surface area (Å²) in [6.07, 6.45) is 0.318. The Morgan fingerprint density at radius 3 is 2.72 bits per heavy atom. The Morgan fingerprint density at radius 2 is 2.03 bits per heavy atom. The fourth-order valence-electron chi connectivity index (χ4n) is 3.44.